The van der Waals surface area contributed by atoms with Gasteiger partial charge in [-0.2, -0.15) is 0 Å². The molecule has 2 heteroatoms. The number of fused-ring (bicyclic) bond motifs is 5. The number of phenolic OH excluding ortho intramolecular Hbond substituents is 1. The first-order chi connectivity index (χ1) is 11.4. The number of benzene rings is 1. The molecule has 0 spiro atoms. The molecule has 0 heterocycles. The zero-order chi connectivity index (χ0) is 17.1. The minimum atomic E-state index is -0.257. The summed E-state index contributed by atoms with van der Waals surface area (Å²) in [4.78, 5) is 0. The fourth-order valence-electron chi connectivity index (χ4n) is 6.02. The quantitative estimate of drug-likeness (QED) is 0.728. The lowest BCUT2D eigenvalue weighted by Crippen LogP contribution is -2.44. The Hall–Kier alpha value is -1.28. The minimum Gasteiger partial charge on any atom is -0.508 e. The van der Waals surface area contributed by atoms with E-state index in [1.54, 1.807) is 0 Å². The summed E-state index contributed by atoms with van der Waals surface area (Å²) in [5.74, 6) is 2.78. The summed E-state index contributed by atoms with van der Waals surface area (Å²) in [5.41, 5.74) is 4.14. The van der Waals surface area contributed by atoms with Crippen LogP contribution < -0.4 is 0 Å². The third-order valence-electron chi connectivity index (χ3n) is 7.13. The van der Waals surface area contributed by atoms with Crippen molar-refractivity contribution in [2.45, 2.75) is 64.9 Å². The largest absolute Gasteiger partial charge is 0.508 e. The number of hydrogen-bond donors (Lipinski definition) is 2. The molecule has 2 saturated carbocycles. The molecule has 0 bridgehead atoms. The van der Waals surface area contributed by atoms with Gasteiger partial charge in [0.15, 0.2) is 0 Å². The van der Waals surface area contributed by atoms with E-state index in [0.717, 1.165) is 19.3 Å². The van der Waals surface area contributed by atoms with Crippen LogP contribution in [-0.2, 0) is 6.42 Å². The van der Waals surface area contributed by atoms with Gasteiger partial charge in [0.25, 0.3) is 0 Å². The van der Waals surface area contributed by atoms with Crippen molar-refractivity contribution in [2.24, 2.45) is 23.2 Å². The minimum absolute atomic E-state index is 0.0519. The van der Waals surface area contributed by atoms with Gasteiger partial charge in [-0.1, -0.05) is 32.9 Å². The van der Waals surface area contributed by atoms with Crippen LogP contribution in [0.4, 0.5) is 0 Å². The third kappa shape index (κ3) is 2.34. The molecule has 4 rings (SSSR count). The van der Waals surface area contributed by atoms with Crippen LogP contribution >= 0.6 is 0 Å². The highest BCUT2D eigenvalue weighted by Gasteiger charge is 2.56. The average molecular weight is 326 g/mol. The van der Waals surface area contributed by atoms with Gasteiger partial charge in [-0.25, -0.2) is 0 Å². The van der Waals surface area contributed by atoms with Crippen molar-refractivity contribution in [3.05, 3.63) is 41.0 Å². The molecule has 0 aliphatic heterocycles. The second-order valence-corrected chi connectivity index (χ2v) is 8.94. The number of aryl methyl sites for hydroxylation is 1. The van der Waals surface area contributed by atoms with Crippen molar-refractivity contribution >= 4 is 0 Å². The van der Waals surface area contributed by atoms with Gasteiger partial charge in [0.1, 0.15) is 5.75 Å². The second-order valence-electron chi connectivity index (χ2n) is 8.94. The lowest BCUT2D eigenvalue weighted by atomic mass is 9.55. The number of aliphatic hydroxyl groups excluding tert-OH is 1. The van der Waals surface area contributed by atoms with Crippen molar-refractivity contribution in [3.63, 3.8) is 0 Å². The summed E-state index contributed by atoms with van der Waals surface area (Å²) in [5, 5.41) is 20.8. The third-order valence-corrected chi connectivity index (χ3v) is 7.13. The summed E-state index contributed by atoms with van der Waals surface area (Å²) in [7, 11) is 0. The Bertz CT molecular complexity index is 675. The van der Waals surface area contributed by atoms with E-state index in [2.05, 4.69) is 32.9 Å². The van der Waals surface area contributed by atoms with E-state index in [1.807, 2.05) is 12.1 Å². The standard InChI is InChI=1S/C22H30O2/c1-13(2)10-15-12-20-19-6-4-14-11-16(23)5-7-17(14)18(19)8-9-22(20,3)21(15)24/h5,7,10-11,13,18-21,23-24H,4,6,8-9,12H2,1-3H3/t18-,19-,20+,21+,22+/m1/s1. The number of hydrogen-bond acceptors (Lipinski definition) is 2. The highest BCUT2D eigenvalue weighted by Crippen LogP contribution is 2.62. The first-order valence-electron chi connectivity index (χ1n) is 9.60. The first-order valence-corrected chi connectivity index (χ1v) is 9.60. The van der Waals surface area contributed by atoms with Crippen molar-refractivity contribution < 1.29 is 10.2 Å². The van der Waals surface area contributed by atoms with Gasteiger partial charge in [-0.3, -0.25) is 0 Å². The highest BCUT2D eigenvalue weighted by molar-refractivity contribution is 5.40. The molecule has 0 amide bonds. The molecule has 0 saturated heterocycles. The Kier molecular flexibility index (Phi) is 3.80. The molecular weight excluding hydrogens is 296 g/mol. The van der Waals surface area contributed by atoms with Crippen molar-refractivity contribution in [1.29, 1.82) is 0 Å². The summed E-state index contributed by atoms with van der Waals surface area (Å²) in [6.45, 7) is 6.73. The van der Waals surface area contributed by atoms with Crippen LogP contribution in [0.15, 0.2) is 29.8 Å². The van der Waals surface area contributed by atoms with E-state index in [9.17, 15) is 10.2 Å². The van der Waals surface area contributed by atoms with Gasteiger partial charge in [-0.15, -0.1) is 0 Å². The van der Waals surface area contributed by atoms with Crippen LogP contribution in [-0.4, -0.2) is 16.3 Å². The molecule has 5 atom stereocenters. The van der Waals surface area contributed by atoms with Gasteiger partial charge in [0, 0.05) is 5.41 Å². The molecule has 1 aromatic rings. The maximum atomic E-state index is 11.0. The van der Waals surface area contributed by atoms with Gasteiger partial charge < -0.3 is 10.2 Å². The fourth-order valence-corrected chi connectivity index (χ4v) is 6.02. The summed E-state index contributed by atoms with van der Waals surface area (Å²) in [6, 6.07) is 5.97. The highest BCUT2D eigenvalue weighted by atomic mass is 16.3. The molecule has 0 unspecified atom stereocenters. The summed E-state index contributed by atoms with van der Waals surface area (Å²) < 4.78 is 0. The number of aliphatic hydroxyl groups is 1. The van der Waals surface area contributed by atoms with E-state index in [4.69, 9.17) is 0 Å². The maximum absolute atomic E-state index is 11.0. The van der Waals surface area contributed by atoms with Gasteiger partial charge >= 0.3 is 0 Å². The van der Waals surface area contributed by atoms with Crippen LogP contribution in [0.5, 0.6) is 5.75 Å². The van der Waals surface area contributed by atoms with Crippen LogP contribution in [0, 0.1) is 23.2 Å². The average Bonchev–Trinajstić information content (AvgIpc) is 2.78. The molecule has 2 nitrogen and oxygen atoms in total. The van der Waals surface area contributed by atoms with Crippen molar-refractivity contribution in [1.82, 2.24) is 0 Å². The zero-order valence-corrected chi connectivity index (χ0v) is 15.1. The molecule has 1 aromatic carbocycles. The van der Waals surface area contributed by atoms with Crippen molar-refractivity contribution in [2.75, 3.05) is 0 Å². The normalized spacial score (nSPS) is 39.6. The predicted octanol–water partition coefficient (Wildman–Crippen LogP) is 4.80. The molecule has 0 aromatic heterocycles. The van der Waals surface area contributed by atoms with Crippen LogP contribution in [0.1, 0.15) is 63.5 Å². The molecular formula is C22H30O2. The van der Waals surface area contributed by atoms with E-state index in [0.29, 0.717) is 29.4 Å². The molecule has 2 N–H and O–H groups in total. The number of phenols is 1. The predicted molar refractivity (Wildman–Crippen MR) is 97.0 cm³/mol. The Balaban J connectivity index is 1.69. The number of allylic oxidation sites excluding steroid dienone is 1. The van der Waals surface area contributed by atoms with Gasteiger partial charge in [0.2, 0.25) is 0 Å². The fraction of sp³-hybridized carbons (Fsp3) is 0.636. The molecule has 3 aliphatic carbocycles. The van der Waals surface area contributed by atoms with E-state index < -0.39 is 0 Å². The Labute approximate surface area is 145 Å². The Morgan fingerprint density at radius 3 is 2.79 bits per heavy atom. The van der Waals surface area contributed by atoms with Crippen LogP contribution in [0.3, 0.4) is 0 Å². The molecule has 2 fully saturated rings. The molecule has 3 aliphatic rings. The smallest absolute Gasteiger partial charge is 0.115 e. The second kappa shape index (κ2) is 5.62. The number of aromatic hydroxyl groups is 1. The lowest BCUT2D eigenvalue weighted by Gasteiger charge is -2.49. The van der Waals surface area contributed by atoms with Crippen LogP contribution in [0.25, 0.3) is 0 Å². The molecule has 130 valence electrons. The van der Waals surface area contributed by atoms with E-state index in [-0.39, 0.29) is 11.5 Å². The monoisotopic (exact) mass is 326 g/mol. The Morgan fingerprint density at radius 2 is 2.04 bits per heavy atom. The lowest BCUT2D eigenvalue weighted by molar-refractivity contribution is -0.0161. The van der Waals surface area contributed by atoms with Gasteiger partial charge in [-0.05, 0) is 84.6 Å². The zero-order valence-electron chi connectivity index (χ0n) is 15.1. The summed E-state index contributed by atoms with van der Waals surface area (Å²) in [6.07, 6.45) is 7.66. The number of rotatable bonds is 1. The summed E-state index contributed by atoms with van der Waals surface area (Å²) >= 11 is 0. The Morgan fingerprint density at radius 1 is 1.25 bits per heavy atom. The van der Waals surface area contributed by atoms with E-state index in [1.165, 1.54) is 29.5 Å². The molecule has 24 heavy (non-hydrogen) atoms. The van der Waals surface area contributed by atoms with E-state index >= 15 is 0 Å². The molecule has 0 radical (unpaired) electrons. The first kappa shape index (κ1) is 16.2. The SMILES string of the molecule is CC(C)C=C1C[C@H]2[C@@H]3CCc4cc(O)ccc4[C@H]3CC[C@]2(C)[C@H]1O. The van der Waals surface area contributed by atoms with Crippen LogP contribution in [0.2, 0.25) is 0 Å². The topological polar surface area (TPSA) is 40.5 Å². The maximum Gasteiger partial charge on any atom is 0.115 e. The van der Waals surface area contributed by atoms with Crippen molar-refractivity contribution in [3.8, 4) is 5.75 Å². The van der Waals surface area contributed by atoms with Gasteiger partial charge in [0.05, 0.1) is 6.10 Å².